The lowest BCUT2D eigenvalue weighted by Crippen LogP contribution is -2.05. The third kappa shape index (κ3) is 2.88. The number of carbonyl (C=O) groups is 1. The number of benzene rings is 1. The van der Waals surface area contributed by atoms with Crippen molar-refractivity contribution in [2.45, 2.75) is 6.54 Å². The molecule has 0 radical (unpaired) electrons. The molecular weight excluding hydrogens is 354 g/mol. The molecule has 0 saturated heterocycles. The molecule has 0 unspecified atom stereocenters. The van der Waals surface area contributed by atoms with Crippen molar-refractivity contribution in [3.8, 4) is 11.3 Å². The van der Waals surface area contributed by atoms with Crippen LogP contribution in [0.5, 0.6) is 0 Å². The van der Waals surface area contributed by atoms with Gasteiger partial charge in [-0.15, -0.1) is 16.4 Å². The van der Waals surface area contributed by atoms with Crippen LogP contribution in [0, 0.1) is 0 Å². The number of nitrogens with zero attached hydrogens (tertiary/aromatic N) is 3. The summed E-state index contributed by atoms with van der Waals surface area (Å²) in [4.78, 5) is 12.4. The minimum atomic E-state index is -1.08. The molecule has 7 heteroatoms. The maximum atomic E-state index is 11.3. The van der Waals surface area contributed by atoms with Crippen molar-refractivity contribution in [1.82, 2.24) is 15.0 Å². The minimum Gasteiger partial charge on any atom is -0.476 e. The first-order valence-corrected chi connectivity index (χ1v) is 7.77. The number of aromatic nitrogens is 3. The second-order valence-corrected chi connectivity index (χ2v) is 6.26. The molecule has 0 fully saturated rings. The second-order valence-electron chi connectivity index (χ2n) is 4.35. The third-order valence-corrected chi connectivity index (χ3v) is 4.59. The van der Waals surface area contributed by atoms with Crippen LogP contribution >= 0.6 is 27.3 Å². The molecule has 3 aromatic rings. The van der Waals surface area contributed by atoms with Crippen molar-refractivity contribution in [2.75, 3.05) is 0 Å². The zero-order valence-corrected chi connectivity index (χ0v) is 13.1. The van der Waals surface area contributed by atoms with E-state index in [4.69, 9.17) is 0 Å². The Hall–Kier alpha value is -1.99. The van der Waals surface area contributed by atoms with Crippen molar-refractivity contribution >= 4 is 33.2 Å². The van der Waals surface area contributed by atoms with Crippen molar-refractivity contribution in [1.29, 1.82) is 0 Å². The number of rotatable bonds is 4. The SMILES string of the molecule is O=C(O)c1nnn(Cc2cc(Br)cs2)c1-c1ccccc1. The molecule has 21 heavy (non-hydrogen) atoms. The van der Waals surface area contributed by atoms with E-state index in [-0.39, 0.29) is 5.69 Å². The Bertz CT molecular complexity index is 783. The van der Waals surface area contributed by atoms with Crippen molar-refractivity contribution < 1.29 is 9.90 Å². The van der Waals surface area contributed by atoms with Gasteiger partial charge in [-0.1, -0.05) is 35.5 Å². The summed E-state index contributed by atoms with van der Waals surface area (Å²) < 4.78 is 2.62. The van der Waals surface area contributed by atoms with E-state index < -0.39 is 5.97 Å². The topological polar surface area (TPSA) is 68.0 Å². The van der Waals surface area contributed by atoms with Crippen molar-refractivity contribution in [3.63, 3.8) is 0 Å². The molecule has 1 N–H and O–H groups in total. The molecule has 0 aliphatic heterocycles. The zero-order chi connectivity index (χ0) is 14.8. The van der Waals surface area contributed by atoms with Crippen LogP contribution in [0.1, 0.15) is 15.4 Å². The Kier molecular flexibility index (Phi) is 3.85. The molecule has 3 rings (SSSR count). The van der Waals surface area contributed by atoms with Crippen LogP contribution in [0.25, 0.3) is 11.3 Å². The number of thiophene rings is 1. The Morgan fingerprint density at radius 1 is 1.33 bits per heavy atom. The molecule has 106 valence electrons. The molecule has 0 aliphatic carbocycles. The van der Waals surface area contributed by atoms with E-state index in [0.29, 0.717) is 12.2 Å². The molecule has 5 nitrogen and oxygen atoms in total. The predicted octanol–water partition coefficient (Wildman–Crippen LogP) is 3.52. The van der Waals surface area contributed by atoms with Gasteiger partial charge >= 0.3 is 5.97 Å². The summed E-state index contributed by atoms with van der Waals surface area (Å²) in [6.07, 6.45) is 0. The fourth-order valence-electron chi connectivity index (χ4n) is 2.03. The number of aromatic carboxylic acids is 1. The van der Waals surface area contributed by atoms with Crippen LogP contribution in [0.15, 0.2) is 46.3 Å². The summed E-state index contributed by atoms with van der Waals surface area (Å²) in [5.74, 6) is -1.08. The Morgan fingerprint density at radius 2 is 2.10 bits per heavy atom. The third-order valence-electron chi connectivity index (χ3n) is 2.91. The fraction of sp³-hybridized carbons (Fsp3) is 0.0714. The highest BCUT2D eigenvalue weighted by Crippen LogP contribution is 2.25. The lowest BCUT2D eigenvalue weighted by Gasteiger charge is -2.06. The Labute approximate surface area is 133 Å². The number of carboxylic acid groups (broad SMARTS) is 1. The number of hydrogen-bond donors (Lipinski definition) is 1. The first-order chi connectivity index (χ1) is 10.1. The average molecular weight is 364 g/mol. The van der Waals surface area contributed by atoms with Crippen LogP contribution in [-0.4, -0.2) is 26.1 Å². The number of carboxylic acids is 1. The van der Waals surface area contributed by atoms with E-state index >= 15 is 0 Å². The van der Waals surface area contributed by atoms with Crippen molar-refractivity contribution in [3.05, 3.63) is 56.8 Å². The fourth-order valence-corrected chi connectivity index (χ4v) is 3.47. The van der Waals surface area contributed by atoms with Gasteiger partial charge in [-0.05, 0) is 22.0 Å². The molecule has 0 atom stereocenters. The van der Waals surface area contributed by atoms with Crippen LogP contribution in [0.4, 0.5) is 0 Å². The quantitative estimate of drug-likeness (QED) is 0.769. The molecule has 0 saturated carbocycles. The van der Waals surface area contributed by atoms with E-state index in [1.165, 1.54) is 0 Å². The Balaban J connectivity index is 2.07. The van der Waals surface area contributed by atoms with E-state index in [9.17, 15) is 9.90 Å². The minimum absolute atomic E-state index is 0.0307. The number of halogens is 1. The van der Waals surface area contributed by atoms with Gasteiger partial charge in [0.15, 0.2) is 5.69 Å². The van der Waals surface area contributed by atoms with E-state index in [2.05, 4.69) is 26.2 Å². The van der Waals surface area contributed by atoms with E-state index in [1.54, 1.807) is 16.0 Å². The summed E-state index contributed by atoms with van der Waals surface area (Å²) in [6, 6.07) is 11.3. The summed E-state index contributed by atoms with van der Waals surface area (Å²) in [6.45, 7) is 0.487. The summed E-state index contributed by atoms with van der Waals surface area (Å²) in [5.41, 5.74) is 1.28. The summed E-state index contributed by atoms with van der Waals surface area (Å²) in [5, 5.41) is 19.1. The van der Waals surface area contributed by atoms with Gasteiger partial charge < -0.3 is 5.11 Å². The maximum absolute atomic E-state index is 11.3. The van der Waals surface area contributed by atoms with Crippen LogP contribution in [0.3, 0.4) is 0 Å². The monoisotopic (exact) mass is 363 g/mol. The van der Waals surface area contributed by atoms with Gasteiger partial charge in [0.1, 0.15) is 5.69 Å². The lowest BCUT2D eigenvalue weighted by molar-refractivity contribution is 0.0691. The molecule has 0 bridgehead atoms. The van der Waals surface area contributed by atoms with Crippen molar-refractivity contribution in [2.24, 2.45) is 0 Å². The van der Waals surface area contributed by atoms with Gasteiger partial charge in [-0.3, -0.25) is 0 Å². The molecule has 2 aromatic heterocycles. The van der Waals surface area contributed by atoms with Gasteiger partial charge in [0.25, 0.3) is 0 Å². The smallest absolute Gasteiger partial charge is 0.358 e. The first-order valence-electron chi connectivity index (χ1n) is 6.10. The first kappa shape index (κ1) is 14.0. The molecule has 1 aromatic carbocycles. The number of hydrogen-bond acceptors (Lipinski definition) is 4. The second kappa shape index (κ2) is 5.79. The Morgan fingerprint density at radius 3 is 2.71 bits per heavy atom. The molecule has 0 aliphatic rings. The van der Waals surface area contributed by atoms with Crippen LogP contribution in [-0.2, 0) is 6.54 Å². The van der Waals surface area contributed by atoms with Gasteiger partial charge in [0.2, 0.25) is 0 Å². The normalized spacial score (nSPS) is 10.7. The van der Waals surface area contributed by atoms with Gasteiger partial charge in [0.05, 0.1) is 6.54 Å². The largest absolute Gasteiger partial charge is 0.476 e. The molecule has 0 amide bonds. The van der Waals surface area contributed by atoms with Crippen LogP contribution < -0.4 is 0 Å². The highest BCUT2D eigenvalue weighted by atomic mass is 79.9. The van der Waals surface area contributed by atoms with E-state index in [0.717, 1.165) is 14.9 Å². The highest BCUT2D eigenvalue weighted by molar-refractivity contribution is 9.10. The van der Waals surface area contributed by atoms with E-state index in [1.807, 2.05) is 41.8 Å². The lowest BCUT2D eigenvalue weighted by atomic mass is 10.1. The standard InChI is InChI=1S/C14H10BrN3O2S/c15-10-6-11(21-8-10)7-18-13(9-4-2-1-3-5-9)12(14(19)20)16-17-18/h1-6,8H,7H2,(H,19,20). The molecular formula is C14H10BrN3O2S. The van der Waals surface area contributed by atoms with Crippen LogP contribution in [0.2, 0.25) is 0 Å². The van der Waals surface area contributed by atoms with Gasteiger partial charge in [0, 0.05) is 20.3 Å². The molecule has 2 heterocycles. The maximum Gasteiger partial charge on any atom is 0.358 e. The average Bonchev–Trinajstić information content (AvgIpc) is 3.07. The zero-order valence-electron chi connectivity index (χ0n) is 10.7. The van der Waals surface area contributed by atoms with Gasteiger partial charge in [-0.25, -0.2) is 9.48 Å². The highest BCUT2D eigenvalue weighted by Gasteiger charge is 2.20. The molecule has 0 spiro atoms. The summed E-state index contributed by atoms with van der Waals surface area (Å²) >= 11 is 4.99. The van der Waals surface area contributed by atoms with Gasteiger partial charge in [-0.2, -0.15) is 0 Å². The summed E-state index contributed by atoms with van der Waals surface area (Å²) in [7, 11) is 0. The predicted molar refractivity (Wildman–Crippen MR) is 83.5 cm³/mol.